The third kappa shape index (κ3) is 2.56. The zero-order valence-corrected chi connectivity index (χ0v) is 12.7. The molecule has 5 heteroatoms. The molecule has 0 spiro atoms. The van der Waals surface area contributed by atoms with Crippen LogP contribution in [-0.4, -0.2) is 4.98 Å². The van der Waals surface area contributed by atoms with Crippen LogP contribution in [0.1, 0.15) is 10.8 Å². The number of nitriles is 1. The Morgan fingerprint density at radius 1 is 1.22 bits per heavy atom. The largest absolute Gasteiger partial charge is 0.465 e. The Labute approximate surface area is 135 Å². The first-order valence-electron chi connectivity index (χ1n) is 6.93. The molecule has 0 N–H and O–H groups in total. The molecule has 3 heterocycles. The second-order valence-electron chi connectivity index (χ2n) is 4.87. The first kappa shape index (κ1) is 13.6. The van der Waals surface area contributed by atoms with Crippen molar-refractivity contribution in [3.8, 4) is 17.5 Å². The van der Waals surface area contributed by atoms with E-state index >= 15 is 0 Å². The number of hydrogen-bond donors (Lipinski definition) is 0. The van der Waals surface area contributed by atoms with Crippen molar-refractivity contribution in [2.45, 2.75) is 0 Å². The molecule has 4 nitrogen and oxygen atoms in total. The molecule has 4 rings (SSSR count). The van der Waals surface area contributed by atoms with E-state index in [1.54, 1.807) is 24.5 Å². The molecule has 0 radical (unpaired) electrons. The molecule has 0 unspecified atom stereocenters. The SMILES string of the molecule is N#C/C(=C\c1ccco1)c1nc(-c2cc3ccccc3o2)cs1. The minimum atomic E-state index is 0.465. The zero-order valence-electron chi connectivity index (χ0n) is 11.9. The van der Waals surface area contributed by atoms with Crippen LogP contribution in [0.5, 0.6) is 0 Å². The average Bonchev–Trinajstić information content (AvgIpc) is 3.30. The molecular formula is C18H10N2O2S. The lowest BCUT2D eigenvalue weighted by Gasteiger charge is -1.91. The fourth-order valence-corrected chi connectivity index (χ4v) is 3.05. The van der Waals surface area contributed by atoms with E-state index in [2.05, 4.69) is 11.1 Å². The maximum Gasteiger partial charge on any atom is 0.154 e. The number of fused-ring (bicyclic) bond motifs is 1. The van der Waals surface area contributed by atoms with Crippen molar-refractivity contribution in [3.63, 3.8) is 0 Å². The number of allylic oxidation sites excluding steroid dienone is 1. The van der Waals surface area contributed by atoms with Gasteiger partial charge in [-0.1, -0.05) is 18.2 Å². The topological polar surface area (TPSA) is 63.0 Å². The van der Waals surface area contributed by atoms with Gasteiger partial charge in [-0.05, 0) is 24.3 Å². The third-order valence-corrected chi connectivity index (χ3v) is 4.24. The van der Waals surface area contributed by atoms with Crippen molar-refractivity contribution in [2.24, 2.45) is 0 Å². The van der Waals surface area contributed by atoms with Gasteiger partial charge in [0.25, 0.3) is 0 Å². The Balaban J connectivity index is 1.72. The van der Waals surface area contributed by atoms with Gasteiger partial charge < -0.3 is 8.83 Å². The smallest absolute Gasteiger partial charge is 0.154 e. The van der Waals surface area contributed by atoms with Gasteiger partial charge in [-0.15, -0.1) is 11.3 Å². The van der Waals surface area contributed by atoms with Crippen molar-refractivity contribution in [3.05, 3.63) is 64.9 Å². The van der Waals surface area contributed by atoms with E-state index in [9.17, 15) is 5.26 Å². The summed E-state index contributed by atoms with van der Waals surface area (Å²) >= 11 is 1.41. The number of hydrogen-bond acceptors (Lipinski definition) is 5. The summed E-state index contributed by atoms with van der Waals surface area (Å²) in [5.41, 5.74) is 2.01. The monoisotopic (exact) mass is 318 g/mol. The fraction of sp³-hybridized carbons (Fsp3) is 0. The lowest BCUT2D eigenvalue weighted by Crippen LogP contribution is -1.81. The predicted octanol–water partition coefficient (Wildman–Crippen LogP) is 5.21. The highest BCUT2D eigenvalue weighted by atomic mass is 32.1. The van der Waals surface area contributed by atoms with Gasteiger partial charge >= 0.3 is 0 Å². The highest BCUT2D eigenvalue weighted by Gasteiger charge is 2.13. The number of para-hydroxylation sites is 1. The molecule has 0 saturated carbocycles. The summed E-state index contributed by atoms with van der Waals surface area (Å²) in [7, 11) is 0. The van der Waals surface area contributed by atoms with E-state index < -0.39 is 0 Å². The fourth-order valence-electron chi connectivity index (χ4n) is 2.28. The van der Waals surface area contributed by atoms with E-state index in [4.69, 9.17) is 8.83 Å². The summed E-state index contributed by atoms with van der Waals surface area (Å²) in [4.78, 5) is 4.52. The Morgan fingerprint density at radius 3 is 2.91 bits per heavy atom. The minimum Gasteiger partial charge on any atom is -0.465 e. The number of rotatable bonds is 3. The second kappa shape index (κ2) is 5.59. The van der Waals surface area contributed by atoms with Gasteiger partial charge in [0.2, 0.25) is 0 Å². The van der Waals surface area contributed by atoms with Crippen LogP contribution in [0.15, 0.2) is 62.9 Å². The van der Waals surface area contributed by atoms with E-state index in [-0.39, 0.29) is 0 Å². The standard InChI is InChI=1S/C18H10N2O2S/c19-10-13(8-14-5-3-7-21-14)18-20-15(11-23-18)17-9-12-4-1-2-6-16(12)22-17/h1-9,11H/b13-8+. The van der Waals surface area contributed by atoms with Crippen molar-refractivity contribution >= 4 is 34.0 Å². The number of furan rings is 2. The lowest BCUT2D eigenvalue weighted by atomic mass is 10.2. The average molecular weight is 318 g/mol. The maximum absolute atomic E-state index is 9.36. The summed E-state index contributed by atoms with van der Waals surface area (Å²) in [5.74, 6) is 1.33. The van der Waals surface area contributed by atoms with Crippen LogP contribution in [-0.2, 0) is 0 Å². The molecule has 4 aromatic rings. The van der Waals surface area contributed by atoms with Crippen molar-refractivity contribution in [1.82, 2.24) is 4.98 Å². The van der Waals surface area contributed by atoms with E-state index in [1.807, 2.05) is 35.7 Å². The van der Waals surface area contributed by atoms with Crippen LogP contribution >= 0.6 is 11.3 Å². The van der Waals surface area contributed by atoms with Gasteiger partial charge in [0.15, 0.2) is 5.76 Å². The van der Waals surface area contributed by atoms with Gasteiger partial charge in [-0.25, -0.2) is 4.98 Å². The Hall–Kier alpha value is -3.10. The van der Waals surface area contributed by atoms with Crippen LogP contribution in [0.4, 0.5) is 0 Å². The molecule has 0 atom stereocenters. The van der Waals surface area contributed by atoms with Gasteiger partial charge in [-0.2, -0.15) is 5.26 Å². The van der Waals surface area contributed by atoms with Gasteiger partial charge in [0.1, 0.15) is 28.1 Å². The molecule has 0 aliphatic carbocycles. The molecular weight excluding hydrogens is 308 g/mol. The van der Waals surface area contributed by atoms with E-state index in [0.29, 0.717) is 22.1 Å². The Bertz CT molecular complexity index is 1000. The number of aromatic nitrogens is 1. The van der Waals surface area contributed by atoms with Crippen LogP contribution in [0.3, 0.4) is 0 Å². The first-order chi connectivity index (χ1) is 11.3. The molecule has 0 amide bonds. The molecule has 0 saturated heterocycles. The highest BCUT2D eigenvalue weighted by molar-refractivity contribution is 7.11. The molecule has 0 aliphatic heterocycles. The second-order valence-corrected chi connectivity index (χ2v) is 5.73. The molecule has 0 aliphatic rings. The van der Waals surface area contributed by atoms with Crippen molar-refractivity contribution in [1.29, 1.82) is 5.26 Å². The summed E-state index contributed by atoms with van der Waals surface area (Å²) in [6.07, 6.45) is 3.25. The van der Waals surface area contributed by atoms with Gasteiger partial charge in [0, 0.05) is 16.8 Å². The molecule has 23 heavy (non-hydrogen) atoms. The van der Waals surface area contributed by atoms with Crippen LogP contribution in [0.25, 0.3) is 34.1 Å². The highest BCUT2D eigenvalue weighted by Crippen LogP contribution is 2.31. The normalized spacial score (nSPS) is 11.7. The molecule has 3 aromatic heterocycles. The van der Waals surface area contributed by atoms with E-state index in [1.165, 1.54) is 11.3 Å². The Morgan fingerprint density at radius 2 is 2.13 bits per heavy atom. The molecule has 110 valence electrons. The molecule has 0 fully saturated rings. The lowest BCUT2D eigenvalue weighted by molar-refractivity contribution is 0.557. The summed E-state index contributed by atoms with van der Waals surface area (Å²) in [5, 5.41) is 12.9. The van der Waals surface area contributed by atoms with Gasteiger partial charge in [-0.3, -0.25) is 0 Å². The first-order valence-corrected chi connectivity index (χ1v) is 7.81. The van der Waals surface area contributed by atoms with Crippen LogP contribution in [0.2, 0.25) is 0 Å². The molecule has 0 bridgehead atoms. The minimum absolute atomic E-state index is 0.465. The van der Waals surface area contributed by atoms with Crippen LogP contribution in [0, 0.1) is 11.3 Å². The molecule has 1 aromatic carbocycles. The zero-order chi connectivity index (χ0) is 15.6. The summed E-state index contributed by atoms with van der Waals surface area (Å²) < 4.78 is 11.1. The van der Waals surface area contributed by atoms with Crippen molar-refractivity contribution < 1.29 is 8.83 Å². The summed E-state index contributed by atoms with van der Waals surface area (Å²) in [6, 6.07) is 15.5. The third-order valence-electron chi connectivity index (χ3n) is 3.36. The summed E-state index contributed by atoms with van der Waals surface area (Å²) in [6.45, 7) is 0. The van der Waals surface area contributed by atoms with Crippen LogP contribution < -0.4 is 0 Å². The quantitative estimate of drug-likeness (QED) is 0.486. The Kier molecular flexibility index (Phi) is 3.30. The number of thiazole rings is 1. The van der Waals surface area contributed by atoms with E-state index in [0.717, 1.165) is 16.7 Å². The predicted molar refractivity (Wildman–Crippen MR) is 89.5 cm³/mol. The van der Waals surface area contributed by atoms with Crippen molar-refractivity contribution in [2.75, 3.05) is 0 Å². The maximum atomic E-state index is 9.36. The number of nitrogens with zero attached hydrogens (tertiary/aromatic N) is 2. The number of benzene rings is 1. The van der Waals surface area contributed by atoms with Gasteiger partial charge in [0.05, 0.1) is 11.8 Å².